The minimum atomic E-state index is -0.364. The molecular formula is C17H32N2O2. The molecule has 1 amide bonds. The van der Waals surface area contributed by atoms with Crippen molar-refractivity contribution in [3.05, 3.63) is 0 Å². The number of nitrogens with two attached hydrogens (primary N) is 1. The van der Waals surface area contributed by atoms with E-state index in [1.807, 2.05) is 11.8 Å². The molecule has 1 aliphatic carbocycles. The number of amides is 1. The second-order valence-corrected chi connectivity index (χ2v) is 7.09. The molecule has 0 radical (unpaired) electrons. The molecular weight excluding hydrogens is 264 g/mol. The van der Waals surface area contributed by atoms with E-state index in [1.165, 1.54) is 19.3 Å². The minimum Gasteiger partial charge on any atom is -0.361 e. The Morgan fingerprint density at radius 3 is 2.52 bits per heavy atom. The van der Waals surface area contributed by atoms with Crippen molar-refractivity contribution >= 4 is 5.91 Å². The first kappa shape index (κ1) is 16.8. The molecule has 0 aromatic rings. The van der Waals surface area contributed by atoms with E-state index in [0.29, 0.717) is 12.5 Å². The number of rotatable bonds is 4. The van der Waals surface area contributed by atoms with Gasteiger partial charge in [-0.25, -0.2) is 0 Å². The molecule has 3 unspecified atom stereocenters. The van der Waals surface area contributed by atoms with Gasteiger partial charge in [0.15, 0.2) is 0 Å². The average Bonchev–Trinajstić information content (AvgIpc) is 2.75. The van der Waals surface area contributed by atoms with Crippen molar-refractivity contribution in [3.8, 4) is 0 Å². The molecule has 1 heterocycles. The smallest absolute Gasteiger partial charge is 0.251 e. The minimum absolute atomic E-state index is 0.156. The van der Waals surface area contributed by atoms with Crippen molar-refractivity contribution in [1.29, 1.82) is 0 Å². The summed E-state index contributed by atoms with van der Waals surface area (Å²) in [5.74, 6) is 0.797. The standard InChI is InChI=1S/C17H32N2O2/c1-14-8-7-9-17(12-14,13-18)21-15(2)16(20)19-10-5-3-4-6-11-19/h14-15H,3-13,18H2,1-2H3. The molecule has 0 aromatic heterocycles. The van der Waals surface area contributed by atoms with Crippen LogP contribution in [0.15, 0.2) is 0 Å². The fourth-order valence-electron chi connectivity index (χ4n) is 3.93. The monoisotopic (exact) mass is 296 g/mol. The fourth-order valence-corrected chi connectivity index (χ4v) is 3.93. The van der Waals surface area contributed by atoms with Gasteiger partial charge in [0.25, 0.3) is 5.91 Å². The molecule has 0 spiro atoms. The molecule has 21 heavy (non-hydrogen) atoms. The van der Waals surface area contributed by atoms with Gasteiger partial charge >= 0.3 is 0 Å². The summed E-state index contributed by atoms with van der Waals surface area (Å²) < 4.78 is 6.24. The van der Waals surface area contributed by atoms with E-state index in [4.69, 9.17) is 10.5 Å². The third-order valence-electron chi connectivity index (χ3n) is 5.11. The van der Waals surface area contributed by atoms with Crippen LogP contribution >= 0.6 is 0 Å². The van der Waals surface area contributed by atoms with Crippen LogP contribution in [0.3, 0.4) is 0 Å². The van der Waals surface area contributed by atoms with Crippen molar-refractivity contribution in [3.63, 3.8) is 0 Å². The summed E-state index contributed by atoms with van der Waals surface area (Å²) in [5, 5.41) is 0. The lowest BCUT2D eigenvalue weighted by molar-refractivity contribution is -0.160. The number of likely N-dealkylation sites (tertiary alicyclic amines) is 1. The maximum absolute atomic E-state index is 12.6. The second kappa shape index (κ2) is 7.59. The molecule has 2 fully saturated rings. The van der Waals surface area contributed by atoms with Crippen molar-refractivity contribution < 1.29 is 9.53 Å². The van der Waals surface area contributed by atoms with Crippen molar-refractivity contribution in [1.82, 2.24) is 4.90 Å². The number of carbonyl (C=O) groups is 1. The first-order valence-electron chi connectivity index (χ1n) is 8.73. The number of hydrogen-bond acceptors (Lipinski definition) is 3. The summed E-state index contributed by atoms with van der Waals surface area (Å²) in [6, 6.07) is 0. The molecule has 1 aliphatic heterocycles. The Labute approximate surface area is 129 Å². The Hall–Kier alpha value is -0.610. The fraction of sp³-hybridized carbons (Fsp3) is 0.941. The molecule has 4 heteroatoms. The Morgan fingerprint density at radius 1 is 1.29 bits per heavy atom. The van der Waals surface area contributed by atoms with Gasteiger partial charge in [0.1, 0.15) is 6.10 Å². The predicted octanol–water partition coefficient (Wildman–Crippen LogP) is 2.70. The van der Waals surface area contributed by atoms with Gasteiger partial charge in [-0.1, -0.05) is 32.6 Å². The van der Waals surface area contributed by atoms with Crippen LogP contribution in [0.2, 0.25) is 0 Å². The van der Waals surface area contributed by atoms with E-state index in [9.17, 15) is 4.79 Å². The van der Waals surface area contributed by atoms with Gasteiger partial charge < -0.3 is 15.4 Å². The summed E-state index contributed by atoms with van der Waals surface area (Å²) in [5.41, 5.74) is 5.72. The lowest BCUT2D eigenvalue weighted by atomic mass is 9.78. The van der Waals surface area contributed by atoms with Crippen LogP contribution in [-0.2, 0) is 9.53 Å². The van der Waals surface area contributed by atoms with Gasteiger partial charge in [-0.3, -0.25) is 4.79 Å². The van der Waals surface area contributed by atoms with E-state index in [0.717, 1.165) is 45.2 Å². The SMILES string of the molecule is CC1CCCC(CN)(OC(C)C(=O)N2CCCCCC2)C1. The number of hydrogen-bond donors (Lipinski definition) is 1. The molecule has 0 aromatic carbocycles. The second-order valence-electron chi connectivity index (χ2n) is 7.09. The van der Waals surface area contributed by atoms with Crippen LogP contribution in [0.25, 0.3) is 0 Å². The van der Waals surface area contributed by atoms with Crippen LogP contribution in [0.1, 0.15) is 65.2 Å². The van der Waals surface area contributed by atoms with Gasteiger partial charge in [-0.05, 0) is 38.5 Å². The first-order valence-corrected chi connectivity index (χ1v) is 8.73. The lowest BCUT2D eigenvalue weighted by Gasteiger charge is -2.41. The lowest BCUT2D eigenvalue weighted by Crippen LogP contribution is -2.50. The van der Waals surface area contributed by atoms with E-state index in [1.54, 1.807) is 0 Å². The van der Waals surface area contributed by atoms with Crippen LogP contribution in [0, 0.1) is 5.92 Å². The molecule has 4 nitrogen and oxygen atoms in total. The van der Waals surface area contributed by atoms with Crippen LogP contribution < -0.4 is 5.73 Å². The maximum atomic E-state index is 12.6. The van der Waals surface area contributed by atoms with Crippen LogP contribution in [0.5, 0.6) is 0 Å². The van der Waals surface area contributed by atoms with Gasteiger partial charge in [0.05, 0.1) is 5.60 Å². The summed E-state index contributed by atoms with van der Waals surface area (Å²) in [4.78, 5) is 14.6. The maximum Gasteiger partial charge on any atom is 0.251 e. The van der Waals surface area contributed by atoms with Crippen LogP contribution in [0.4, 0.5) is 0 Å². The Bertz CT molecular complexity index is 340. The summed E-state index contributed by atoms with van der Waals surface area (Å²) in [6.07, 6.45) is 8.74. The van der Waals surface area contributed by atoms with E-state index < -0.39 is 0 Å². The quantitative estimate of drug-likeness (QED) is 0.868. The van der Waals surface area contributed by atoms with Crippen molar-refractivity contribution in [2.45, 2.75) is 76.9 Å². The number of nitrogens with zero attached hydrogens (tertiary/aromatic N) is 1. The summed E-state index contributed by atoms with van der Waals surface area (Å²) in [7, 11) is 0. The van der Waals surface area contributed by atoms with Crippen molar-refractivity contribution in [2.24, 2.45) is 11.7 Å². The Kier molecular flexibility index (Phi) is 6.06. The molecule has 2 N–H and O–H groups in total. The number of ether oxygens (including phenoxy) is 1. The summed E-state index contributed by atoms with van der Waals surface area (Å²) >= 11 is 0. The molecule has 3 atom stereocenters. The zero-order chi connectivity index (χ0) is 15.3. The Balaban J connectivity index is 1.94. The zero-order valence-electron chi connectivity index (χ0n) is 13.8. The molecule has 0 bridgehead atoms. The highest BCUT2D eigenvalue weighted by Crippen LogP contribution is 2.35. The summed E-state index contributed by atoms with van der Waals surface area (Å²) in [6.45, 7) is 6.46. The molecule has 122 valence electrons. The third kappa shape index (κ3) is 4.43. The molecule has 1 saturated heterocycles. The van der Waals surface area contributed by atoms with Gasteiger partial charge in [-0.15, -0.1) is 0 Å². The molecule has 1 saturated carbocycles. The van der Waals surface area contributed by atoms with Gasteiger partial charge in [0.2, 0.25) is 0 Å². The molecule has 2 rings (SSSR count). The zero-order valence-corrected chi connectivity index (χ0v) is 13.8. The highest BCUT2D eigenvalue weighted by molar-refractivity contribution is 5.80. The average molecular weight is 296 g/mol. The highest BCUT2D eigenvalue weighted by Gasteiger charge is 2.38. The molecule has 2 aliphatic rings. The van der Waals surface area contributed by atoms with E-state index in [2.05, 4.69) is 6.92 Å². The van der Waals surface area contributed by atoms with Crippen LogP contribution in [-0.4, -0.2) is 42.1 Å². The highest BCUT2D eigenvalue weighted by atomic mass is 16.5. The largest absolute Gasteiger partial charge is 0.361 e. The van der Waals surface area contributed by atoms with Crippen molar-refractivity contribution in [2.75, 3.05) is 19.6 Å². The van der Waals surface area contributed by atoms with E-state index in [-0.39, 0.29) is 17.6 Å². The van der Waals surface area contributed by atoms with E-state index >= 15 is 0 Å². The predicted molar refractivity (Wildman–Crippen MR) is 85.0 cm³/mol. The van der Waals surface area contributed by atoms with Gasteiger partial charge in [0, 0.05) is 19.6 Å². The topological polar surface area (TPSA) is 55.6 Å². The Morgan fingerprint density at radius 2 is 1.95 bits per heavy atom. The van der Waals surface area contributed by atoms with Gasteiger partial charge in [-0.2, -0.15) is 0 Å². The normalized spacial score (nSPS) is 32.5. The third-order valence-corrected chi connectivity index (χ3v) is 5.11. The first-order chi connectivity index (χ1) is 10.1. The number of carbonyl (C=O) groups excluding carboxylic acids is 1.